The van der Waals surface area contributed by atoms with E-state index < -0.39 is 0 Å². The summed E-state index contributed by atoms with van der Waals surface area (Å²) in [6.45, 7) is 12.8. The van der Waals surface area contributed by atoms with E-state index in [2.05, 4.69) is 45.3 Å². The lowest BCUT2D eigenvalue weighted by atomic mass is 9.86. The number of allylic oxidation sites excluding steroid dienone is 3. The first-order valence-electron chi connectivity index (χ1n) is 5.20. The van der Waals surface area contributed by atoms with Crippen molar-refractivity contribution in [2.75, 3.05) is 0 Å². The maximum atomic E-state index is 4.27. The molecule has 1 aromatic rings. The molecule has 1 nitrogen and oxygen atoms in total. The van der Waals surface area contributed by atoms with Gasteiger partial charge in [-0.3, -0.25) is 4.98 Å². The summed E-state index contributed by atoms with van der Waals surface area (Å²) in [6, 6.07) is 5.87. The van der Waals surface area contributed by atoms with E-state index in [4.69, 9.17) is 0 Å². The number of pyridine rings is 1. The van der Waals surface area contributed by atoms with Crippen molar-refractivity contribution in [3.63, 3.8) is 0 Å². The largest absolute Gasteiger partial charge is 0.256 e. The third-order valence-corrected chi connectivity index (χ3v) is 2.57. The molecule has 1 heteroatoms. The highest BCUT2D eigenvalue weighted by molar-refractivity contribution is 5.70. The molecular weight excluding hydrogens is 182 g/mol. The molecule has 0 spiro atoms. The normalized spacial score (nSPS) is 12.7. The SMILES string of the molecule is C=C(/C=C(\C)C(C)(C)C)c1ccccn1. The molecule has 0 aliphatic heterocycles. The van der Waals surface area contributed by atoms with Crippen LogP contribution in [0, 0.1) is 5.41 Å². The summed E-state index contributed by atoms with van der Waals surface area (Å²) in [5.41, 5.74) is 3.43. The van der Waals surface area contributed by atoms with Crippen LogP contribution in [0.25, 0.3) is 5.57 Å². The molecule has 0 atom stereocenters. The van der Waals surface area contributed by atoms with Crippen molar-refractivity contribution >= 4 is 5.57 Å². The van der Waals surface area contributed by atoms with Crippen LogP contribution in [0.15, 0.2) is 42.6 Å². The molecule has 0 radical (unpaired) electrons. The van der Waals surface area contributed by atoms with Crippen LogP contribution in [0.4, 0.5) is 0 Å². The van der Waals surface area contributed by atoms with E-state index in [-0.39, 0.29) is 5.41 Å². The molecule has 0 N–H and O–H groups in total. The molecule has 0 aromatic carbocycles. The second kappa shape index (κ2) is 4.43. The second-order valence-corrected chi connectivity index (χ2v) is 4.82. The van der Waals surface area contributed by atoms with Crippen molar-refractivity contribution in [3.05, 3.63) is 48.3 Å². The fraction of sp³-hybridized carbons (Fsp3) is 0.357. The van der Waals surface area contributed by atoms with E-state index in [1.807, 2.05) is 18.2 Å². The number of nitrogens with zero attached hydrogens (tertiary/aromatic N) is 1. The van der Waals surface area contributed by atoms with Gasteiger partial charge in [0.25, 0.3) is 0 Å². The maximum absolute atomic E-state index is 4.27. The van der Waals surface area contributed by atoms with Gasteiger partial charge in [0, 0.05) is 6.20 Å². The van der Waals surface area contributed by atoms with Gasteiger partial charge < -0.3 is 0 Å². The van der Waals surface area contributed by atoms with Crippen molar-refractivity contribution in [1.82, 2.24) is 4.98 Å². The molecular formula is C14H19N. The summed E-state index contributed by atoms with van der Waals surface area (Å²) in [7, 11) is 0. The predicted octanol–water partition coefficient (Wildman–Crippen LogP) is 4.09. The lowest BCUT2D eigenvalue weighted by Crippen LogP contribution is -2.06. The standard InChI is InChI=1S/C14H19N/c1-11(10-12(2)14(3,4)5)13-8-6-7-9-15-13/h6-10H,1H2,2-5H3/b12-10+. The van der Waals surface area contributed by atoms with E-state index in [9.17, 15) is 0 Å². The Bertz CT molecular complexity index is 366. The van der Waals surface area contributed by atoms with Gasteiger partial charge in [-0.25, -0.2) is 0 Å². The van der Waals surface area contributed by atoms with Crippen molar-refractivity contribution in [2.24, 2.45) is 5.41 Å². The van der Waals surface area contributed by atoms with Crippen LogP contribution in [0.2, 0.25) is 0 Å². The van der Waals surface area contributed by atoms with Crippen LogP contribution in [-0.2, 0) is 0 Å². The Kier molecular flexibility index (Phi) is 3.46. The molecule has 0 bridgehead atoms. The highest BCUT2D eigenvalue weighted by Gasteiger charge is 2.12. The van der Waals surface area contributed by atoms with Crippen LogP contribution in [0.1, 0.15) is 33.4 Å². The van der Waals surface area contributed by atoms with Gasteiger partial charge in [-0.2, -0.15) is 0 Å². The number of hydrogen-bond acceptors (Lipinski definition) is 1. The first-order valence-corrected chi connectivity index (χ1v) is 5.20. The topological polar surface area (TPSA) is 12.9 Å². The van der Waals surface area contributed by atoms with Gasteiger partial charge in [-0.1, -0.05) is 45.1 Å². The van der Waals surface area contributed by atoms with E-state index in [0.29, 0.717) is 0 Å². The van der Waals surface area contributed by atoms with Gasteiger partial charge in [0.15, 0.2) is 0 Å². The Labute approximate surface area is 92.6 Å². The first-order chi connectivity index (χ1) is 6.91. The molecule has 1 rings (SSSR count). The molecule has 15 heavy (non-hydrogen) atoms. The number of aromatic nitrogens is 1. The van der Waals surface area contributed by atoms with Gasteiger partial charge >= 0.3 is 0 Å². The second-order valence-electron chi connectivity index (χ2n) is 4.82. The Morgan fingerprint density at radius 2 is 2.00 bits per heavy atom. The van der Waals surface area contributed by atoms with E-state index in [1.165, 1.54) is 5.57 Å². The highest BCUT2D eigenvalue weighted by atomic mass is 14.7. The minimum Gasteiger partial charge on any atom is -0.256 e. The van der Waals surface area contributed by atoms with Gasteiger partial charge in [0.2, 0.25) is 0 Å². The first kappa shape index (κ1) is 11.7. The number of hydrogen-bond donors (Lipinski definition) is 0. The van der Waals surface area contributed by atoms with Gasteiger partial charge in [-0.15, -0.1) is 0 Å². The predicted molar refractivity (Wildman–Crippen MR) is 66.5 cm³/mol. The zero-order valence-electron chi connectivity index (χ0n) is 10.0. The molecule has 0 aliphatic carbocycles. The minimum atomic E-state index is 0.192. The number of rotatable bonds is 2. The molecule has 0 amide bonds. The van der Waals surface area contributed by atoms with Gasteiger partial charge in [0.05, 0.1) is 5.69 Å². The summed E-state index contributed by atoms with van der Waals surface area (Å²) < 4.78 is 0. The summed E-state index contributed by atoms with van der Waals surface area (Å²) in [4.78, 5) is 4.27. The maximum Gasteiger partial charge on any atom is 0.0695 e. The average molecular weight is 201 g/mol. The average Bonchev–Trinajstić information content (AvgIpc) is 2.17. The van der Waals surface area contributed by atoms with Crippen molar-refractivity contribution in [2.45, 2.75) is 27.7 Å². The molecule has 0 saturated carbocycles. The fourth-order valence-corrected chi connectivity index (χ4v) is 1.10. The summed E-state index contributed by atoms with van der Waals surface area (Å²) in [5.74, 6) is 0. The third kappa shape index (κ3) is 3.35. The Morgan fingerprint density at radius 1 is 1.33 bits per heavy atom. The van der Waals surface area contributed by atoms with Crippen LogP contribution in [0.5, 0.6) is 0 Å². The van der Waals surface area contributed by atoms with E-state index >= 15 is 0 Å². The van der Waals surface area contributed by atoms with Crippen LogP contribution >= 0.6 is 0 Å². The summed E-state index contributed by atoms with van der Waals surface area (Å²) in [6.07, 6.45) is 3.91. The monoisotopic (exact) mass is 201 g/mol. The Hall–Kier alpha value is -1.37. The van der Waals surface area contributed by atoms with Crippen molar-refractivity contribution in [3.8, 4) is 0 Å². The third-order valence-electron chi connectivity index (χ3n) is 2.57. The zero-order chi connectivity index (χ0) is 11.5. The van der Waals surface area contributed by atoms with Crippen molar-refractivity contribution in [1.29, 1.82) is 0 Å². The van der Waals surface area contributed by atoms with Gasteiger partial charge in [0.1, 0.15) is 0 Å². The summed E-state index contributed by atoms with van der Waals surface area (Å²) >= 11 is 0. The molecule has 0 aliphatic rings. The highest BCUT2D eigenvalue weighted by Crippen LogP contribution is 2.26. The Balaban J connectivity index is 2.90. The van der Waals surface area contributed by atoms with Crippen LogP contribution in [-0.4, -0.2) is 4.98 Å². The molecule has 0 fully saturated rings. The molecule has 0 unspecified atom stereocenters. The van der Waals surface area contributed by atoms with Crippen LogP contribution in [0.3, 0.4) is 0 Å². The smallest absolute Gasteiger partial charge is 0.0695 e. The van der Waals surface area contributed by atoms with Crippen LogP contribution < -0.4 is 0 Å². The fourth-order valence-electron chi connectivity index (χ4n) is 1.10. The molecule has 1 heterocycles. The molecule has 1 aromatic heterocycles. The quantitative estimate of drug-likeness (QED) is 0.657. The molecule has 80 valence electrons. The lowest BCUT2D eigenvalue weighted by Gasteiger charge is -2.19. The lowest BCUT2D eigenvalue weighted by molar-refractivity contribution is 0.504. The van der Waals surface area contributed by atoms with Gasteiger partial charge in [-0.05, 0) is 30.0 Å². The zero-order valence-corrected chi connectivity index (χ0v) is 10.0. The molecule has 0 saturated heterocycles. The van der Waals surface area contributed by atoms with E-state index in [1.54, 1.807) is 6.20 Å². The summed E-state index contributed by atoms with van der Waals surface area (Å²) in [5, 5.41) is 0. The Morgan fingerprint density at radius 3 is 2.47 bits per heavy atom. The minimum absolute atomic E-state index is 0.192. The van der Waals surface area contributed by atoms with Crippen molar-refractivity contribution < 1.29 is 0 Å². The van der Waals surface area contributed by atoms with E-state index in [0.717, 1.165) is 11.3 Å².